The number of hydrogen-bond donors (Lipinski definition) is 1. The number of anilines is 2. The third-order valence-electron chi connectivity index (χ3n) is 7.61. The molecule has 5 rings (SSSR count). The first-order chi connectivity index (χ1) is 18.4. The third kappa shape index (κ3) is 4.66. The molecule has 1 N–H and O–H groups in total. The zero-order valence-corrected chi connectivity index (χ0v) is 23.0. The van der Waals surface area contributed by atoms with E-state index in [1.54, 1.807) is 27.7 Å². The molecule has 0 aliphatic heterocycles. The molecular weight excluding hydrogens is 478 g/mol. The number of hydrogen-bond acceptors (Lipinski definition) is 8. The Morgan fingerprint density at radius 3 is 2.42 bits per heavy atom. The van der Waals surface area contributed by atoms with Crippen molar-refractivity contribution in [3.05, 3.63) is 59.4 Å². The minimum atomic E-state index is 0.491. The maximum Gasteiger partial charge on any atom is 0.137 e. The van der Waals surface area contributed by atoms with Crippen molar-refractivity contribution in [3.63, 3.8) is 0 Å². The normalized spacial score (nSPS) is 13.2. The monoisotopic (exact) mass is 513 g/mol. The number of rotatable bonds is 9. The van der Waals surface area contributed by atoms with E-state index >= 15 is 0 Å². The number of pyridine rings is 1. The molecule has 8 nitrogen and oxygen atoms in total. The second kappa shape index (κ2) is 10.7. The van der Waals surface area contributed by atoms with E-state index in [1.165, 1.54) is 19.3 Å². The molecule has 8 heteroatoms. The minimum Gasteiger partial charge on any atom is -0.497 e. The third-order valence-corrected chi connectivity index (χ3v) is 7.61. The number of methoxy groups -OCH3 is 3. The molecule has 2 aromatic carbocycles. The lowest BCUT2D eigenvalue weighted by Gasteiger charge is -2.36. The number of aromatic nitrogens is 3. The molecule has 0 spiro atoms. The summed E-state index contributed by atoms with van der Waals surface area (Å²) in [5.41, 5.74) is 5.84. The Labute approximate surface area is 224 Å². The number of aryl methyl sites for hydroxylation is 1. The first kappa shape index (κ1) is 25.6. The van der Waals surface area contributed by atoms with Crippen molar-refractivity contribution < 1.29 is 14.2 Å². The number of benzene rings is 2. The molecule has 38 heavy (non-hydrogen) atoms. The highest BCUT2D eigenvalue weighted by Gasteiger charge is 2.26. The number of nitrogens with one attached hydrogen (secondary N) is 1. The molecule has 1 fully saturated rings. The van der Waals surface area contributed by atoms with Gasteiger partial charge in [0.2, 0.25) is 0 Å². The van der Waals surface area contributed by atoms with Gasteiger partial charge in [-0.1, -0.05) is 6.07 Å². The maximum atomic E-state index is 5.66. The zero-order valence-electron chi connectivity index (χ0n) is 23.0. The number of ether oxygens (including phenoxy) is 3. The molecule has 0 radical (unpaired) electrons. The summed E-state index contributed by atoms with van der Waals surface area (Å²) in [4.78, 5) is 16.9. The molecule has 198 valence electrons. The van der Waals surface area contributed by atoms with E-state index in [0.717, 1.165) is 67.7 Å². The van der Waals surface area contributed by atoms with E-state index in [9.17, 15) is 0 Å². The van der Waals surface area contributed by atoms with Crippen LogP contribution >= 0.6 is 0 Å². The van der Waals surface area contributed by atoms with Crippen LogP contribution in [0.3, 0.4) is 0 Å². The van der Waals surface area contributed by atoms with Crippen molar-refractivity contribution >= 4 is 22.5 Å². The molecule has 0 bridgehead atoms. The SMILES string of the molecule is COc1ccc(CNc2ncnc3c(-c4c(C)ccc(OC)c4C)nc(N(C)C4CCC4)cc23)c(OC)c1. The van der Waals surface area contributed by atoms with Crippen LogP contribution in [0.25, 0.3) is 22.2 Å². The highest BCUT2D eigenvalue weighted by molar-refractivity contribution is 6.00. The topological polar surface area (TPSA) is 81.6 Å². The van der Waals surface area contributed by atoms with Crippen molar-refractivity contribution in [3.8, 4) is 28.5 Å². The lowest BCUT2D eigenvalue weighted by Crippen LogP contribution is -2.37. The molecule has 2 aromatic heterocycles. The summed E-state index contributed by atoms with van der Waals surface area (Å²) in [5.74, 6) is 4.00. The van der Waals surface area contributed by atoms with Gasteiger partial charge in [-0.3, -0.25) is 0 Å². The van der Waals surface area contributed by atoms with Gasteiger partial charge in [-0.15, -0.1) is 0 Å². The molecule has 2 heterocycles. The van der Waals surface area contributed by atoms with Gasteiger partial charge in [-0.05, 0) is 62.9 Å². The molecule has 0 unspecified atom stereocenters. The summed E-state index contributed by atoms with van der Waals surface area (Å²) in [6.07, 6.45) is 5.21. The van der Waals surface area contributed by atoms with E-state index in [0.29, 0.717) is 12.6 Å². The van der Waals surface area contributed by atoms with Crippen molar-refractivity contribution in [2.75, 3.05) is 38.6 Å². The Morgan fingerprint density at radius 2 is 1.74 bits per heavy atom. The van der Waals surface area contributed by atoms with Crippen LogP contribution in [0.5, 0.6) is 17.2 Å². The van der Waals surface area contributed by atoms with Crippen LogP contribution in [0.1, 0.15) is 36.0 Å². The van der Waals surface area contributed by atoms with E-state index in [-0.39, 0.29) is 0 Å². The average Bonchev–Trinajstić information content (AvgIpc) is 2.90. The number of nitrogens with zero attached hydrogens (tertiary/aromatic N) is 4. The summed E-state index contributed by atoms with van der Waals surface area (Å²) in [7, 11) is 7.14. The van der Waals surface area contributed by atoms with E-state index < -0.39 is 0 Å². The summed E-state index contributed by atoms with van der Waals surface area (Å²) < 4.78 is 16.6. The van der Waals surface area contributed by atoms with Crippen LogP contribution in [-0.4, -0.2) is 49.4 Å². The van der Waals surface area contributed by atoms with Crippen molar-refractivity contribution in [1.82, 2.24) is 15.0 Å². The van der Waals surface area contributed by atoms with Gasteiger partial charge in [0.25, 0.3) is 0 Å². The van der Waals surface area contributed by atoms with Crippen molar-refractivity contribution in [1.29, 1.82) is 0 Å². The molecule has 4 aromatic rings. The zero-order chi connectivity index (χ0) is 26.8. The lowest BCUT2D eigenvalue weighted by molar-refractivity contribution is 0.391. The fraction of sp³-hybridized carbons (Fsp3) is 0.367. The fourth-order valence-electron chi connectivity index (χ4n) is 5.10. The maximum absolute atomic E-state index is 5.66. The van der Waals surface area contributed by atoms with E-state index in [4.69, 9.17) is 24.2 Å². The first-order valence-corrected chi connectivity index (χ1v) is 12.9. The number of fused-ring (bicyclic) bond motifs is 1. The molecule has 1 saturated carbocycles. The van der Waals surface area contributed by atoms with Gasteiger partial charge in [0, 0.05) is 47.8 Å². The summed E-state index contributed by atoms with van der Waals surface area (Å²) >= 11 is 0. The average molecular weight is 514 g/mol. The second-order valence-electron chi connectivity index (χ2n) is 9.76. The smallest absolute Gasteiger partial charge is 0.137 e. The first-order valence-electron chi connectivity index (χ1n) is 12.9. The van der Waals surface area contributed by atoms with Crippen LogP contribution < -0.4 is 24.4 Å². The van der Waals surface area contributed by atoms with Crippen LogP contribution in [0.2, 0.25) is 0 Å². The lowest BCUT2D eigenvalue weighted by atomic mass is 9.91. The Morgan fingerprint density at radius 1 is 0.947 bits per heavy atom. The molecule has 0 amide bonds. The van der Waals surface area contributed by atoms with E-state index in [2.05, 4.69) is 48.2 Å². The molecule has 1 aliphatic rings. The van der Waals surface area contributed by atoms with Gasteiger partial charge in [-0.25, -0.2) is 15.0 Å². The Kier molecular flexibility index (Phi) is 7.22. The predicted molar refractivity (Wildman–Crippen MR) is 152 cm³/mol. The second-order valence-corrected chi connectivity index (χ2v) is 9.76. The Balaban J connectivity index is 1.64. The predicted octanol–water partition coefficient (Wildman–Crippen LogP) is 5.94. The van der Waals surface area contributed by atoms with Gasteiger partial charge in [0.15, 0.2) is 0 Å². The molecule has 0 atom stereocenters. The van der Waals surface area contributed by atoms with Gasteiger partial charge in [-0.2, -0.15) is 0 Å². The molecule has 1 aliphatic carbocycles. The quantitative estimate of drug-likeness (QED) is 0.295. The van der Waals surface area contributed by atoms with Crippen LogP contribution in [0, 0.1) is 13.8 Å². The van der Waals surface area contributed by atoms with Gasteiger partial charge in [0.1, 0.15) is 40.7 Å². The van der Waals surface area contributed by atoms with Crippen molar-refractivity contribution in [2.24, 2.45) is 0 Å². The van der Waals surface area contributed by atoms with Crippen LogP contribution in [0.15, 0.2) is 42.7 Å². The highest BCUT2D eigenvalue weighted by Crippen LogP contribution is 2.39. The fourth-order valence-corrected chi connectivity index (χ4v) is 5.10. The summed E-state index contributed by atoms with van der Waals surface area (Å²) in [5, 5.41) is 4.45. The van der Waals surface area contributed by atoms with Gasteiger partial charge >= 0.3 is 0 Å². The van der Waals surface area contributed by atoms with Crippen LogP contribution in [0.4, 0.5) is 11.6 Å². The standard InChI is InChI=1S/C30H35N5O3/c1-18-10-13-24(37-5)19(2)27(18)29-28-23(15-26(34-29)35(3)21-8-7-9-21)30(33-17-32-28)31-16-20-11-12-22(36-4)14-25(20)38-6/h10-15,17,21H,7-9,16H2,1-6H3,(H,31,32,33). The highest BCUT2D eigenvalue weighted by atomic mass is 16.5. The van der Waals surface area contributed by atoms with Gasteiger partial charge in [0.05, 0.1) is 27.0 Å². The Bertz CT molecular complexity index is 1470. The largest absolute Gasteiger partial charge is 0.497 e. The minimum absolute atomic E-state index is 0.491. The van der Waals surface area contributed by atoms with Crippen molar-refractivity contribution in [2.45, 2.75) is 45.7 Å². The summed E-state index contributed by atoms with van der Waals surface area (Å²) in [6, 6.07) is 12.5. The Hall–Kier alpha value is -4.07. The van der Waals surface area contributed by atoms with Gasteiger partial charge < -0.3 is 24.4 Å². The molecule has 0 saturated heterocycles. The molecular formula is C30H35N5O3. The van der Waals surface area contributed by atoms with E-state index in [1.807, 2.05) is 24.3 Å². The summed E-state index contributed by atoms with van der Waals surface area (Å²) in [6.45, 7) is 4.71. The van der Waals surface area contributed by atoms with Crippen LogP contribution in [-0.2, 0) is 6.54 Å².